The van der Waals surface area contributed by atoms with Gasteiger partial charge in [0.15, 0.2) is 17.5 Å². The van der Waals surface area contributed by atoms with Crippen LogP contribution in [0.15, 0.2) is 24.4 Å². The maximum absolute atomic E-state index is 15.0. The molecule has 0 aliphatic carbocycles. The van der Waals surface area contributed by atoms with Crippen molar-refractivity contribution in [2.75, 3.05) is 26.3 Å². The Morgan fingerprint density at radius 1 is 1.15 bits per heavy atom. The molecule has 1 aliphatic heterocycles. The predicted molar refractivity (Wildman–Crippen MR) is 105 cm³/mol. The lowest BCUT2D eigenvalue weighted by Crippen LogP contribution is -2.41. The van der Waals surface area contributed by atoms with Gasteiger partial charge in [-0.15, -0.1) is 0 Å². The number of alkyl halides is 4. The third-order valence-electron chi connectivity index (χ3n) is 5.25. The van der Waals surface area contributed by atoms with E-state index in [0.29, 0.717) is 11.5 Å². The van der Waals surface area contributed by atoms with Crippen molar-refractivity contribution in [3.05, 3.63) is 47.4 Å². The van der Waals surface area contributed by atoms with E-state index < -0.39 is 53.4 Å². The van der Waals surface area contributed by atoms with Gasteiger partial charge in [0, 0.05) is 31.8 Å². The molecule has 0 atom stereocenters. The zero-order valence-electron chi connectivity index (χ0n) is 17.3. The first-order chi connectivity index (χ1) is 15.6. The highest BCUT2D eigenvalue weighted by atomic mass is 19.3. The summed E-state index contributed by atoms with van der Waals surface area (Å²) in [7, 11) is 0. The van der Waals surface area contributed by atoms with E-state index >= 15 is 4.39 Å². The molecule has 4 rings (SSSR count). The summed E-state index contributed by atoms with van der Waals surface area (Å²) in [6.45, 7) is 0.408. The zero-order chi connectivity index (χ0) is 23.9. The van der Waals surface area contributed by atoms with Crippen LogP contribution in [0.2, 0.25) is 0 Å². The van der Waals surface area contributed by atoms with Crippen molar-refractivity contribution in [3.8, 4) is 11.3 Å². The molecule has 1 aromatic carbocycles. The minimum atomic E-state index is -3.58. The topological polar surface area (TPSA) is 60.3 Å². The number of nitrogens with zero attached hydrogens (tertiary/aromatic N) is 4. The number of fused-ring (bicyclic) bond motifs is 1. The van der Waals surface area contributed by atoms with Crippen LogP contribution in [0, 0.1) is 11.6 Å². The largest absolute Gasteiger partial charge is 0.378 e. The number of carbonyl (C=O) groups excluding carboxylic acids is 1. The van der Waals surface area contributed by atoms with E-state index in [1.165, 1.54) is 11.0 Å². The normalized spacial score (nSPS) is 15.0. The van der Waals surface area contributed by atoms with Crippen LogP contribution >= 0.6 is 0 Å². The lowest BCUT2D eigenvalue weighted by atomic mass is 10.0. The summed E-state index contributed by atoms with van der Waals surface area (Å²) in [5.74, 6) is -8.12. The van der Waals surface area contributed by atoms with E-state index in [0.717, 1.165) is 18.3 Å². The first kappa shape index (κ1) is 23.0. The van der Waals surface area contributed by atoms with Gasteiger partial charge in [-0.2, -0.15) is 8.78 Å². The van der Waals surface area contributed by atoms with Crippen molar-refractivity contribution in [2.45, 2.75) is 25.8 Å². The summed E-state index contributed by atoms with van der Waals surface area (Å²) in [5, 5.41) is 0. The maximum atomic E-state index is 15.0. The maximum Gasteiger partial charge on any atom is 0.302 e. The molecule has 33 heavy (non-hydrogen) atoms. The van der Waals surface area contributed by atoms with Gasteiger partial charge < -0.3 is 14.2 Å². The van der Waals surface area contributed by atoms with Gasteiger partial charge in [0.2, 0.25) is 0 Å². The molecule has 6 nitrogen and oxygen atoms in total. The molecule has 2 aromatic heterocycles. The predicted octanol–water partition coefficient (Wildman–Crippen LogP) is 4.23. The van der Waals surface area contributed by atoms with Crippen molar-refractivity contribution in [1.29, 1.82) is 0 Å². The number of hydrogen-bond donors (Lipinski definition) is 0. The highest BCUT2D eigenvalue weighted by Crippen LogP contribution is 2.35. The Balaban J connectivity index is 1.83. The van der Waals surface area contributed by atoms with Gasteiger partial charge >= 0.3 is 5.92 Å². The monoisotopic (exact) mass is 472 g/mol. The average Bonchev–Trinajstić information content (AvgIpc) is 3.14. The van der Waals surface area contributed by atoms with E-state index in [1.54, 1.807) is 0 Å². The van der Waals surface area contributed by atoms with Gasteiger partial charge in [-0.1, -0.05) is 0 Å². The number of imidazole rings is 1. The molecule has 1 fully saturated rings. The van der Waals surface area contributed by atoms with Gasteiger partial charge in [0.05, 0.1) is 30.8 Å². The fourth-order valence-corrected chi connectivity index (χ4v) is 3.74. The number of hydrogen-bond acceptors (Lipinski definition) is 4. The summed E-state index contributed by atoms with van der Waals surface area (Å²) in [4.78, 5) is 21.6. The van der Waals surface area contributed by atoms with E-state index in [4.69, 9.17) is 4.74 Å². The first-order valence-electron chi connectivity index (χ1n) is 9.96. The van der Waals surface area contributed by atoms with Crippen LogP contribution in [0.3, 0.4) is 0 Å². The van der Waals surface area contributed by atoms with Crippen LogP contribution in [-0.2, 0) is 17.2 Å². The third kappa shape index (κ3) is 4.26. The quantitative estimate of drug-likeness (QED) is 0.522. The van der Waals surface area contributed by atoms with Crippen molar-refractivity contribution in [2.24, 2.45) is 0 Å². The molecule has 1 amide bonds. The molecule has 3 heterocycles. The highest BCUT2D eigenvalue weighted by Gasteiger charge is 2.34. The van der Waals surface area contributed by atoms with E-state index in [1.807, 2.05) is 0 Å². The number of halogens is 6. The van der Waals surface area contributed by atoms with Crippen molar-refractivity contribution in [3.63, 3.8) is 0 Å². The van der Waals surface area contributed by atoms with Crippen LogP contribution in [-0.4, -0.2) is 58.1 Å². The Hall–Kier alpha value is -3.15. The minimum Gasteiger partial charge on any atom is -0.378 e. The van der Waals surface area contributed by atoms with Crippen LogP contribution in [0.5, 0.6) is 0 Å². The summed E-state index contributed by atoms with van der Waals surface area (Å²) < 4.78 is 89.9. The van der Waals surface area contributed by atoms with Gasteiger partial charge in [0.1, 0.15) is 11.2 Å². The Morgan fingerprint density at radius 2 is 1.85 bits per heavy atom. The molecule has 0 radical (unpaired) electrons. The molecule has 1 aliphatic rings. The summed E-state index contributed by atoms with van der Waals surface area (Å²) in [6, 6.07) is 3.34. The second-order valence-electron chi connectivity index (χ2n) is 7.55. The molecular formula is C21H18F6N4O2. The van der Waals surface area contributed by atoms with Crippen molar-refractivity contribution in [1.82, 2.24) is 19.4 Å². The number of ether oxygens (including phenoxy) is 1. The molecule has 176 valence electrons. The molecular weight excluding hydrogens is 454 g/mol. The van der Waals surface area contributed by atoms with Crippen LogP contribution in [0.25, 0.3) is 22.3 Å². The SMILES string of the molecule is CC(F)(F)c1nc2c(-c3ccc(C(=O)N4CCOCC4)c(F)c3F)nccc2n1CC(F)F. The number of morpholine rings is 1. The van der Waals surface area contributed by atoms with Crippen LogP contribution in [0.1, 0.15) is 23.1 Å². The van der Waals surface area contributed by atoms with Crippen molar-refractivity contribution < 1.29 is 35.9 Å². The summed E-state index contributed by atoms with van der Waals surface area (Å²) in [5.41, 5.74) is -1.68. The van der Waals surface area contributed by atoms with Crippen molar-refractivity contribution >= 4 is 16.9 Å². The molecule has 0 bridgehead atoms. The van der Waals surface area contributed by atoms with Crippen LogP contribution in [0.4, 0.5) is 26.3 Å². The van der Waals surface area contributed by atoms with Gasteiger partial charge in [0.25, 0.3) is 12.3 Å². The second kappa shape index (κ2) is 8.65. The number of amides is 1. The Morgan fingerprint density at radius 3 is 2.48 bits per heavy atom. The van der Waals surface area contributed by atoms with Crippen LogP contribution < -0.4 is 0 Å². The molecule has 0 saturated carbocycles. The number of pyridine rings is 1. The fraction of sp³-hybridized carbons (Fsp3) is 0.381. The third-order valence-corrected chi connectivity index (χ3v) is 5.25. The second-order valence-corrected chi connectivity index (χ2v) is 7.55. The highest BCUT2D eigenvalue weighted by molar-refractivity contribution is 5.96. The smallest absolute Gasteiger partial charge is 0.302 e. The lowest BCUT2D eigenvalue weighted by Gasteiger charge is -2.27. The minimum absolute atomic E-state index is 0.134. The first-order valence-corrected chi connectivity index (χ1v) is 9.96. The fourth-order valence-electron chi connectivity index (χ4n) is 3.74. The van der Waals surface area contributed by atoms with Gasteiger partial charge in [-0.25, -0.2) is 22.5 Å². The molecule has 12 heteroatoms. The van der Waals surface area contributed by atoms with E-state index in [2.05, 4.69) is 9.97 Å². The molecule has 0 unspecified atom stereocenters. The zero-order valence-corrected chi connectivity index (χ0v) is 17.3. The lowest BCUT2D eigenvalue weighted by molar-refractivity contribution is 0.00166. The molecule has 1 saturated heterocycles. The summed E-state index contributed by atoms with van der Waals surface area (Å²) in [6.07, 6.45) is -1.86. The number of rotatable bonds is 5. The van der Waals surface area contributed by atoms with E-state index in [-0.39, 0.29) is 43.0 Å². The average molecular weight is 472 g/mol. The number of benzene rings is 1. The molecule has 3 aromatic rings. The summed E-state index contributed by atoms with van der Waals surface area (Å²) >= 11 is 0. The number of aromatic nitrogens is 3. The Labute approximate surface area is 183 Å². The van der Waals surface area contributed by atoms with Gasteiger partial charge in [-0.3, -0.25) is 9.78 Å². The van der Waals surface area contributed by atoms with Gasteiger partial charge in [-0.05, 0) is 18.2 Å². The van der Waals surface area contributed by atoms with E-state index in [9.17, 15) is 26.7 Å². The molecule has 0 spiro atoms. The standard InChI is InChI=1S/C21H18F6N4O2/c1-21(26,27)20-29-18-13(31(20)10-14(22)23)4-5-28-17(18)11-2-3-12(16(25)15(11)24)19(32)30-6-8-33-9-7-30/h2-5,14H,6-10H2,1H3. The Bertz CT molecular complexity index is 1200. The molecule has 0 N–H and O–H groups in total. The Kier molecular flexibility index (Phi) is 6.04. The number of carbonyl (C=O) groups is 1.